The fraction of sp³-hybridized carbons (Fsp3) is 0.733. The molecule has 2 heterocycles. The first-order valence-corrected chi connectivity index (χ1v) is 7.45. The highest BCUT2D eigenvalue weighted by Crippen LogP contribution is 2.27. The van der Waals surface area contributed by atoms with Gasteiger partial charge in [0.25, 0.3) is 0 Å². The molecule has 0 spiro atoms. The number of nitrogens with two attached hydrogens (primary N) is 1. The Bertz CT molecular complexity index is 473. The quantitative estimate of drug-likeness (QED) is 0.886. The summed E-state index contributed by atoms with van der Waals surface area (Å²) in [7, 11) is 0. The predicted molar refractivity (Wildman–Crippen MR) is 81.9 cm³/mol. The van der Waals surface area contributed by atoms with Gasteiger partial charge in [-0.05, 0) is 40.0 Å². The molecule has 1 aromatic rings. The van der Waals surface area contributed by atoms with Gasteiger partial charge in [-0.1, -0.05) is 6.92 Å². The summed E-state index contributed by atoms with van der Waals surface area (Å²) in [5.41, 5.74) is 6.86. The van der Waals surface area contributed by atoms with Crippen LogP contribution in [-0.2, 0) is 11.2 Å². The van der Waals surface area contributed by atoms with Crippen molar-refractivity contribution in [1.29, 1.82) is 0 Å². The first-order chi connectivity index (χ1) is 9.41. The molecule has 5 heteroatoms. The van der Waals surface area contributed by atoms with Crippen LogP contribution in [-0.4, -0.2) is 28.2 Å². The van der Waals surface area contributed by atoms with Gasteiger partial charge in [-0.2, -0.15) is 0 Å². The van der Waals surface area contributed by atoms with Gasteiger partial charge >= 0.3 is 0 Å². The van der Waals surface area contributed by atoms with Crippen molar-refractivity contribution in [2.24, 2.45) is 0 Å². The lowest BCUT2D eigenvalue weighted by molar-refractivity contribution is -0.0553. The summed E-state index contributed by atoms with van der Waals surface area (Å²) < 4.78 is 5.75. The molecule has 0 saturated carbocycles. The van der Waals surface area contributed by atoms with Crippen molar-refractivity contribution >= 4 is 11.6 Å². The lowest BCUT2D eigenvalue weighted by Crippen LogP contribution is -2.40. The van der Waals surface area contributed by atoms with E-state index < -0.39 is 0 Å². The van der Waals surface area contributed by atoms with Gasteiger partial charge < -0.3 is 15.8 Å². The van der Waals surface area contributed by atoms with Crippen molar-refractivity contribution in [2.75, 3.05) is 17.7 Å². The van der Waals surface area contributed by atoms with Crippen LogP contribution in [0.4, 0.5) is 11.6 Å². The largest absolute Gasteiger partial charge is 0.383 e. The van der Waals surface area contributed by atoms with Crippen molar-refractivity contribution in [3.8, 4) is 0 Å². The normalized spacial score (nSPS) is 21.7. The molecular formula is C15H26N4O. The molecule has 1 fully saturated rings. The van der Waals surface area contributed by atoms with E-state index in [-0.39, 0.29) is 5.60 Å². The van der Waals surface area contributed by atoms with Gasteiger partial charge in [0.15, 0.2) is 0 Å². The Labute approximate surface area is 121 Å². The summed E-state index contributed by atoms with van der Waals surface area (Å²) in [4.78, 5) is 8.97. The van der Waals surface area contributed by atoms with E-state index in [4.69, 9.17) is 10.5 Å². The van der Waals surface area contributed by atoms with Crippen molar-refractivity contribution < 1.29 is 4.74 Å². The number of aryl methyl sites for hydroxylation is 1. The second kappa shape index (κ2) is 5.95. The molecule has 0 radical (unpaired) electrons. The van der Waals surface area contributed by atoms with E-state index in [9.17, 15) is 0 Å². The maximum atomic E-state index is 5.99. The van der Waals surface area contributed by atoms with Crippen molar-refractivity contribution in [3.63, 3.8) is 0 Å². The fourth-order valence-corrected chi connectivity index (χ4v) is 2.61. The number of nitrogens with zero attached hydrogens (tertiary/aromatic N) is 2. The van der Waals surface area contributed by atoms with Crippen LogP contribution in [0.3, 0.4) is 0 Å². The average Bonchev–Trinajstić information content (AvgIpc) is 2.34. The third-order valence-corrected chi connectivity index (χ3v) is 3.74. The van der Waals surface area contributed by atoms with Crippen LogP contribution in [0.15, 0.2) is 0 Å². The maximum Gasteiger partial charge on any atom is 0.134 e. The van der Waals surface area contributed by atoms with Crippen LogP contribution in [0.5, 0.6) is 0 Å². The van der Waals surface area contributed by atoms with Gasteiger partial charge in [-0.25, -0.2) is 9.97 Å². The highest BCUT2D eigenvalue weighted by atomic mass is 16.5. The van der Waals surface area contributed by atoms with Gasteiger partial charge in [0.2, 0.25) is 0 Å². The van der Waals surface area contributed by atoms with E-state index in [1.54, 1.807) is 0 Å². The standard InChI is InChI=1S/C15H26N4O/c1-5-6-12-18-13(16)10(2)14(19-12)17-11-7-8-20-15(3,4)9-11/h11H,5-9H2,1-4H3,(H3,16,17,18,19). The van der Waals surface area contributed by atoms with Gasteiger partial charge in [0.05, 0.1) is 5.60 Å². The molecule has 1 unspecified atom stereocenters. The highest BCUT2D eigenvalue weighted by Gasteiger charge is 2.29. The molecule has 0 aromatic carbocycles. The molecule has 0 amide bonds. The first-order valence-electron chi connectivity index (χ1n) is 7.45. The SMILES string of the molecule is CCCc1nc(N)c(C)c(NC2CCOC(C)(C)C2)n1. The third kappa shape index (κ3) is 3.60. The minimum Gasteiger partial charge on any atom is -0.383 e. The molecule has 1 aliphatic rings. The van der Waals surface area contributed by atoms with Crippen LogP contribution in [0.2, 0.25) is 0 Å². The van der Waals surface area contributed by atoms with Crippen LogP contribution < -0.4 is 11.1 Å². The molecule has 1 aliphatic heterocycles. The predicted octanol–water partition coefficient (Wildman–Crippen LogP) is 2.69. The van der Waals surface area contributed by atoms with E-state index in [1.165, 1.54) is 0 Å². The van der Waals surface area contributed by atoms with Gasteiger partial charge in [0, 0.05) is 24.6 Å². The number of rotatable bonds is 4. The lowest BCUT2D eigenvalue weighted by atomic mass is 9.94. The van der Waals surface area contributed by atoms with Gasteiger partial charge in [-0.15, -0.1) is 0 Å². The fourth-order valence-electron chi connectivity index (χ4n) is 2.61. The molecular weight excluding hydrogens is 252 g/mol. The number of aromatic nitrogens is 2. The number of nitrogens with one attached hydrogen (secondary N) is 1. The zero-order chi connectivity index (χ0) is 14.8. The molecule has 0 aliphatic carbocycles. The van der Waals surface area contributed by atoms with Gasteiger partial charge in [0.1, 0.15) is 17.5 Å². The average molecular weight is 278 g/mol. The van der Waals surface area contributed by atoms with E-state index in [0.29, 0.717) is 11.9 Å². The Kier molecular flexibility index (Phi) is 4.48. The molecule has 5 nitrogen and oxygen atoms in total. The Hall–Kier alpha value is -1.36. The monoisotopic (exact) mass is 278 g/mol. The minimum atomic E-state index is -0.0748. The van der Waals surface area contributed by atoms with E-state index >= 15 is 0 Å². The number of anilines is 2. The second-order valence-electron chi connectivity index (χ2n) is 6.19. The molecule has 1 aromatic heterocycles. The molecule has 0 bridgehead atoms. The number of hydrogen-bond donors (Lipinski definition) is 2. The van der Waals surface area contributed by atoms with Crippen molar-refractivity contribution in [1.82, 2.24) is 9.97 Å². The molecule has 2 rings (SSSR count). The number of nitrogen functional groups attached to an aromatic ring is 1. The summed E-state index contributed by atoms with van der Waals surface area (Å²) in [5, 5.41) is 3.53. The highest BCUT2D eigenvalue weighted by molar-refractivity contribution is 5.55. The zero-order valence-corrected chi connectivity index (χ0v) is 13.0. The smallest absolute Gasteiger partial charge is 0.134 e. The summed E-state index contributed by atoms with van der Waals surface area (Å²) in [6.07, 6.45) is 3.85. The molecule has 3 N–H and O–H groups in total. The summed E-state index contributed by atoms with van der Waals surface area (Å²) in [6, 6.07) is 0.376. The van der Waals surface area contributed by atoms with Gasteiger partial charge in [-0.3, -0.25) is 0 Å². The summed E-state index contributed by atoms with van der Waals surface area (Å²) in [6.45, 7) is 9.13. The van der Waals surface area contributed by atoms with Crippen LogP contribution in [0, 0.1) is 6.92 Å². The Balaban J connectivity index is 2.15. The Morgan fingerprint density at radius 1 is 1.40 bits per heavy atom. The Morgan fingerprint density at radius 3 is 2.80 bits per heavy atom. The van der Waals surface area contributed by atoms with Crippen LogP contribution in [0.25, 0.3) is 0 Å². The van der Waals surface area contributed by atoms with E-state index in [0.717, 1.165) is 49.5 Å². The van der Waals surface area contributed by atoms with E-state index in [2.05, 4.69) is 36.1 Å². The number of ether oxygens (including phenoxy) is 1. The second-order valence-corrected chi connectivity index (χ2v) is 6.19. The van der Waals surface area contributed by atoms with Crippen molar-refractivity contribution in [3.05, 3.63) is 11.4 Å². The topological polar surface area (TPSA) is 73.1 Å². The Morgan fingerprint density at radius 2 is 2.15 bits per heavy atom. The molecule has 1 saturated heterocycles. The molecule has 112 valence electrons. The third-order valence-electron chi connectivity index (χ3n) is 3.74. The van der Waals surface area contributed by atoms with Crippen LogP contribution in [0.1, 0.15) is 51.4 Å². The molecule has 20 heavy (non-hydrogen) atoms. The zero-order valence-electron chi connectivity index (χ0n) is 13.0. The lowest BCUT2D eigenvalue weighted by Gasteiger charge is -2.36. The summed E-state index contributed by atoms with van der Waals surface area (Å²) >= 11 is 0. The molecule has 1 atom stereocenters. The summed E-state index contributed by atoms with van der Waals surface area (Å²) in [5.74, 6) is 2.28. The van der Waals surface area contributed by atoms with Crippen LogP contribution >= 0.6 is 0 Å². The maximum absolute atomic E-state index is 5.99. The number of hydrogen-bond acceptors (Lipinski definition) is 5. The minimum absolute atomic E-state index is 0.0748. The first kappa shape index (κ1) is 15.0. The van der Waals surface area contributed by atoms with E-state index in [1.807, 2.05) is 6.92 Å². The van der Waals surface area contributed by atoms with Crippen molar-refractivity contribution in [2.45, 2.75) is 65.0 Å².